The smallest absolute Gasteiger partial charge is 0.00642 e. The molecule has 0 radical (unpaired) electrons. The van der Waals surface area contributed by atoms with E-state index in [2.05, 4.69) is 52.0 Å². The maximum Gasteiger partial charge on any atom is 0.00642 e. The van der Waals surface area contributed by atoms with Crippen molar-refractivity contribution in [2.24, 2.45) is 5.92 Å². The first kappa shape index (κ1) is 12.9. The fourth-order valence-corrected chi connectivity index (χ4v) is 1.18. The standard InChI is InChI=1S/C11H26N2/c1-9(2)11(4)12-10(3)7-8-13(5)6/h9-12H,7-8H2,1-6H3. The minimum atomic E-state index is 0.622. The Balaban J connectivity index is 3.55. The van der Waals surface area contributed by atoms with Crippen molar-refractivity contribution < 1.29 is 0 Å². The van der Waals surface area contributed by atoms with Gasteiger partial charge in [0.2, 0.25) is 0 Å². The molecule has 1 N–H and O–H groups in total. The van der Waals surface area contributed by atoms with Gasteiger partial charge in [-0.1, -0.05) is 13.8 Å². The van der Waals surface area contributed by atoms with Gasteiger partial charge in [0.05, 0.1) is 0 Å². The lowest BCUT2D eigenvalue weighted by Gasteiger charge is -2.23. The molecule has 0 bridgehead atoms. The zero-order valence-corrected chi connectivity index (χ0v) is 10.1. The molecule has 0 saturated carbocycles. The second-order valence-corrected chi connectivity index (χ2v) is 4.69. The summed E-state index contributed by atoms with van der Waals surface area (Å²) in [5.74, 6) is 0.724. The summed E-state index contributed by atoms with van der Waals surface area (Å²) in [6, 6.07) is 1.25. The first-order valence-electron chi connectivity index (χ1n) is 5.34. The summed E-state index contributed by atoms with van der Waals surface area (Å²) >= 11 is 0. The number of nitrogens with one attached hydrogen (secondary N) is 1. The molecule has 0 amide bonds. The highest BCUT2D eigenvalue weighted by Gasteiger charge is 2.10. The lowest BCUT2D eigenvalue weighted by molar-refractivity contribution is 0.329. The van der Waals surface area contributed by atoms with Gasteiger partial charge in [-0.2, -0.15) is 0 Å². The van der Waals surface area contributed by atoms with Crippen LogP contribution in [0.25, 0.3) is 0 Å². The first-order chi connectivity index (χ1) is 5.93. The highest BCUT2D eigenvalue weighted by atomic mass is 15.1. The molecule has 0 rings (SSSR count). The number of hydrogen-bond donors (Lipinski definition) is 1. The summed E-state index contributed by atoms with van der Waals surface area (Å²) in [4.78, 5) is 2.23. The Morgan fingerprint density at radius 2 is 1.62 bits per heavy atom. The third-order valence-electron chi connectivity index (χ3n) is 2.56. The topological polar surface area (TPSA) is 15.3 Å². The van der Waals surface area contributed by atoms with E-state index in [1.807, 2.05) is 0 Å². The van der Waals surface area contributed by atoms with E-state index in [0.717, 1.165) is 5.92 Å². The summed E-state index contributed by atoms with van der Waals surface area (Å²) in [7, 11) is 4.25. The maximum atomic E-state index is 3.61. The van der Waals surface area contributed by atoms with Gasteiger partial charge in [-0.3, -0.25) is 0 Å². The van der Waals surface area contributed by atoms with Crippen molar-refractivity contribution in [2.75, 3.05) is 20.6 Å². The number of rotatable bonds is 6. The first-order valence-corrected chi connectivity index (χ1v) is 5.34. The van der Waals surface area contributed by atoms with Crippen molar-refractivity contribution in [1.29, 1.82) is 0 Å². The minimum absolute atomic E-state index is 0.622. The van der Waals surface area contributed by atoms with Crippen LogP contribution >= 0.6 is 0 Å². The van der Waals surface area contributed by atoms with Gasteiger partial charge in [-0.05, 0) is 46.8 Å². The summed E-state index contributed by atoms with van der Waals surface area (Å²) < 4.78 is 0. The zero-order valence-electron chi connectivity index (χ0n) is 10.1. The molecule has 0 heterocycles. The molecule has 2 heteroatoms. The van der Waals surface area contributed by atoms with E-state index in [4.69, 9.17) is 0 Å². The Kier molecular flexibility index (Phi) is 6.35. The lowest BCUT2D eigenvalue weighted by atomic mass is 10.0. The van der Waals surface area contributed by atoms with E-state index >= 15 is 0 Å². The highest BCUT2D eigenvalue weighted by Crippen LogP contribution is 2.02. The summed E-state index contributed by atoms with van der Waals surface area (Å²) in [6.07, 6.45) is 1.23. The van der Waals surface area contributed by atoms with Crippen LogP contribution in [0.15, 0.2) is 0 Å². The predicted octanol–water partition coefficient (Wildman–Crippen LogP) is 1.96. The monoisotopic (exact) mass is 186 g/mol. The van der Waals surface area contributed by atoms with Crippen LogP contribution in [0.3, 0.4) is 0 Å². The Hall–Kier alpha value is -0.0800. The van der Waals surface area contributed by atoms with E-state index in [1.165, 1.54) is 13.0 Å². The molecular formula is C11H26N2. The quantitative estimate of drug-likeness (QED) is 0.682. The fourth-order valence-electron chi connectivity index (χ4n) is 1.18. The SMILES string of the molecule is CC(CCN(C)C)NC(C)C(C)C. The van der Waals surface area contributed by atoms with E-state index in [9.17, 15) is 0 Å². The van der Waals surface area contributed by atoms with E-state index in [0.29, 0.717) is 12.1 Å². The van der Waals surface area contributed by atoms with Gasteiger partial charge in [0.25, 0.3) is 0 Å². The van der Waals surface area contributed by atoms with Crippen LogP contribution < -0.4 is 5.32 Å². The van der Waals surface area contributed by atoms with Crippen molar-refractivity contribution in [2.45, 2.75) is 46.2 Å². The summed E-state index contributed by atoms with van der Waals surface area (Å²) in [5.41, 5.74) is 0. The summed E-state index contributed by atoms with van der Waals surface area (Å²) in [6.45, 7) is 10.2. The largest absolute Gasteiger partial charge is 0.311 e. The van der Waals surface area contributed by atoms with Crippen molar-refractivity contribution in [1.82, 2.24) is 10.2 Å². The van der Waals surface area contributed by atoms with Gasteiger partial charge in [0, 0.05) is 12.1 Å². The van der Waals surface area contributed by atoms with Crippen LogP contribution in [0.2, 0.25) is 0 Å². The lowest BCUT2D eigenvalue weighted by Crippen LogP contribution is -2.39. The highest BCUT2D eigenvalue weighted by molar-refractivity contribution is 4.70. The molecule has 2 nitrogen and oxygen atoms in total. The molecule has 0 aromatic rings. The van der Waals surface area contributed by atoms with Crippen LogP contribution in [0, 0.1) is 5.92 Å². The second kappa shape index (κ2) is 6.39. The average molecular weight is 186 g/mol. The van der Waals surface area contributed by atoms with Crippen molar-refractivity contribution in [3.05, 3.63) is 0 Å². The van der Waals surface area contributed by atoms with E-state index in [-0.39, 0.29) is 0 Å². The van der Waals surface area contributed by atoms with Gasteiger partial charge in [0.15, 0.2) is 0 Å². The molecule has 0 aromatic heterocycles. The molecule has 0 fully saturated rings. The predicted molar refractivity (Wildman–Crippen MR) is 60.1 cm³/mol. The van der Waals surface area contributed by atoms with Crippen molar-refractivity contribution in [3.63, 3.8) is 0 Å². The Morgan fingerprint density at radius 3 is 2.00 bits per heavy atom. The van der Waals surface area contributed by atoms with Gasteiger partial charge < -0.3 is 10.2 Å². The minimum Gasteiger partial charge on any atom is -0.311 e. The molecule has 2 atom stereocenters. The molecule has 13 heavy (non-hydrogen) atoms. The molecule has 80 valence electrons. The molecule has 0 spiro atoms. The third kappa shape index (κ3) is 7.03. The third-order valence-corrected chi connectivity index (χ3v) is 2.56. The normalized spacial score (nSPS) is 16.6. The Morgan fingerprint density at radius 1 is 1.08 bits per heavy atom. The van der Waals surface area contributed by atoms with Crippen LogP contribution in [-0.2, 0) is 0 Å². The molecule has 0 aromatic carbocycles. The van der Waals surface area contributed by atoms with E-state index < -0.39 is 0 Å². The molecule has 2 unspecified atom stereocenters. The molecular weight excluding hydrogens is 160 g/mol. The molecule has 0 aliphatic heterocycles. The average Bonchev–Trinajstić information content (AvgIpc) is 2.00. The fraction of sp³-hybridized carbons (Fsp3) is 1.00. The second-order valence-electron chi connectivity index (χ2n) is 4.69. The maximum absolute atomic E-state index is 3.61. The number of hydrogen-bond acceptors (Lipinski definition) is 2. The van der Waals surface area contributed by atoms with Crippen LogP contribution in [0.1, 0.15) is 34.1 Å². The molecule has 0 aliphatic rings. The van der Waals surface area contributed by atoms with Crippen LogP contribution in [0.4, 0.5) is 0 Å². The Bertz CT molecular complexity index is 121. The van der Waals surface area contributed by atoms with Gasteiger partial charge >= 0.3 is 0 Å². The molecule has 0 aliphatic carbocycles. The van der Waals surface area contributed by atoms with Crippen LogP contribution in [0.5, 0.6) is 0 Å². The van der Waals surface area contributed by atoms with Crippen molar-refractivity contribution >= 4 is 0 Å². The number of nitrogens with zero attached hydrogens (tertiary/aromatic N) is 1. The Labute approximate surface area is 83.7 Å². The zero-order chi connectivity index (χ0) is 10.4. The van der Waals surface area contributed by atoms with Gasteiger partial charge in [-0.15, -0.1) is 0 Å². The molecule has 0 saturated heterocycles. The van der Waals surface area contributed by atoms with Crippen LogP contribution in [-0.4, -0.2) is 37.6 Å². The van der Waals surface area contributed by atoms with Crippen molar-refractivity contribution in [3.8, 4) is 0 Å². The van der Waals surface area contributed by atoms with Gasteiger partial charge in [-0.25, -0.2) is 0 Å². The van der Waals surface area contributed by atoms with Gasteiger partial charge in [0.1, 0.15) is 0 Å². The summed E-state index contributed by atoms with van der Waals surface area (Å²) in [5, 5.41) is 3.61. The van der Waals surface area contributed by atoms with E-state index in [1.54, 1.807) is 0 Å².